The van der Waals surface area contributed by atoms with E-state index in [9.17, 15) is 133 Å². The monoisotopic (exact) mass is 2060 g/mol. The van der Waals surface area contributed by atoms with E-state index in [1.807, 2.05) is 0 Å². The van der Waals surface area contributed by atoms with Crippen LogP contribution in [0.15, 0.2) is 193 Å². The van der Waals surface area contributed by atoms with Crippen LogP contribution in [0.2, 0.25) is 0 Å². The maximum Gasteiger partial charge on any atom is 0.416 e. The number of alkyl halides is 24. The van der Waals surface area contributed by atoms with E-state index in [1.165, 1.54) is 76.2 Å². The summed E-state index contributed by atoms with van der Waals surface area (Å²) >= 11 is 0. The Morgan fingerprint density at radius 2 is 0.472 bits per heavy atom. The van der Waals surface area contributed by atoms with Crippen LogP contribution in [0.1, 0.15) is 242 Å². The standard InChI is InChI=1S/2C29H28F7NO2.2C24H24F7NO/c2*1-16(19-10-20(28(31,32)33)12-21(11-19)29(34,35)36)39-26-9-4-18-14-37(23-7-8-24(38)13-23)15-25(18)27(26)17-2-5-22(30)6-3-17;2*1-13(16-8-17(23(26,27)28)10-18(9-16)24(29,30)31)33-21-7-4-15-11-32-12-20(15)22(21)14-2-5-19(25)6-3-14/h2*2-3,5-6,10-13,16,18,25-27H,4,7-9,14-15H2,1H3;2*2-3,5-6,8-10,13,15,20-22,32H,4,7,11-12H2,1H3/t16-,18+,25-,26+,27+;16-,18-,25-,26+,27+;13-,15+,20-,21+,22+;13-,15-,20-,21+,22+/m1101/s1. The molecule has 10 nitrogen and oxygen atoms in total. The smallest absolute Gasteiger partial charge is 0.374 e. The number of carbonyl (C=O) groups is 2. The molecule has 4 saturated heterocycles. The fraction of sp³-hybridized carbons (Fsp3) is 0.491. The fourth-order valence-corrected chi connectivity index (χ4v) is 23.1. The molecule has 0 radical (unpaired) electrons. The Morgan fingerprint density at radius 3 is 0.674 bits per heavy atom. The van der Waals surface area contributed by atoms with Gasteiger partial charge in [-0.2, -0.15) is 105 Å². The minimum Gasteiger partial charge on any atom is -0.374 e. The Bertz CT molecular complexity index is 5370. The molecule has 20 atom stereocenters. The van der Waals surface area contributed by atoms with Crippen molar-refractivity contribution in [2.24, 2.45) is 47.3 Å². The summed E-state index contributed by atoms with van der Waals surface area (Å²) in [5.74, 6) is -0.405. The predicted octanol–water partition coefficient (Wildman–Crippen LogP) is 28.8. The van der Waals surface area contributed by atoms with Crippen LogP contribution in [0, 0.1) is 70.6 Å². The van der Waals surface area contributed by atoms with Gasteiger partial charge in [-0.25, -0.2) is 17.6 Å². The molecule has 0 aromatic heterocycles. The molecule has 2 N–H and O–H groups in total. The molecule has 780 valence electrons. The number of ketones is 2. The average Bonchev–Trinajstić information content (AvgIpc) is 1.60. The summed E-state index contributed by atoms with van der Waals surface area (Å²) in [7, 11) is 0. The number of carbonyl (C=O) groups excluding carboxylic acids is 2. The van der Waals surface area contributed by atoms with Gasteiger partial charge in [0.1, 0.15) is 23.3 Å². The van der Waals surface area contributed by atoms with E-state index in [-0.39, 0.29) is 129 Å². The van der Waals surface area contributed by atoms with E-state index >= 15 is 0 Å². The fourth-order valence-electron chi connectivity index (χ4n) is 23.1. The maximum absolute atomic E-state index is 13.8. The van der Waals surface area contributed by atoms with Crippen LogP contribution >= 0.6 is 0 Å². The average molecular weight is 2060 g/mol. The lowest BCUT2D eigenvalue weighted by atomic mass is 9.69. The molecular formula is C106H104F28N4O6. The lowest BCUT2D eigenvalue weighted by molar-refractivity contribution is -0.145. The third-order valence-corrected chi connectivity index (χ3v) is 30.1. The highest BCUT2D eigenvalue weighted by Gasteiger charge is 2.53. The van der Waals surface area contributed by atoms with Crippen LogP contribution in [0.25, 0.3) is 0 Å². The van der Waals surface area contributed by atoms with Gasteiger partial charge in [0.2, 0.25) is 0 Å². The van der Waals surface area contributed by atoms with Gasteiger partial charge >= 0.3 is 49.4 Å². The van der Waals surface area contributed by atoms with Gasteiger partial charge in [0, 0.05) is 86.2 Å². The number of likely N-dealkylation sites (tertiary alicyclic amines) is 2. The van der Waals surface area contributed by atoms with Crippen molar-refractivity contribution in [1.29, 1.82) is 0 Å². The molecule has 10 aliphatic rings. The molecular weight excluding hydrogens is 1960 g/mol. The lowest BCUT2D eigenvalue weighted by Gasteiger charge is -2.41. The molecule has 8 aromatic carbocycles. The van der Waals surface area contributed by atoms with Crippen molar-refractivity contribution in [3.8, 4) is 0 Å². The van der Waals surface area contributed by atoms with Gasteiger partial charge < -0.3 is 39.4 Å². The molecule has 18 rings (SSSR count). The van der Waals surface area contributed by atoms with Crippen molar-refractivity contribution < 1.29 is 151 Å². The summed E-state index contributed by atoms with van der Waals surface area (Å²) in [5.41, 5.74) is -6.44. The summed E-state index contributed by atoms with van der Waals surface area (Å²) in [6.07, 6.45) is -34.3. The Balaban J connectivity index is 0.000000145. The summed E-state index contributed by atoms with van der Waals surface area (Å²) < 4.78 is 400. The van der Waals surface area contributed by atoms with Gasteiger partial charge in [-0.1, -0.05) is 48.5 Å². The second kappa shape index (κ2) is 43.0. The third kappa shape index (κ3) is 25.8. The molecule has 38 heteroatoms. The zero-order valence-electron chi connectivity index (χ0n) is 77.9. The number of nitrogens with zero attached hydrogens (tertiary/aromatic N) is 2. The third-order valence-electron chi connectivity index (χ3n) is 30.1. The van der Waals surface area contributed by atoms with Crippen LogP contribution in [0.4, 0.5) is 123 Å². The largest absolute Gasteiger partial charge is 0.416 e. The second-order valence-corrected chi connectivity index (χ2v) is 39.3. The van der Waals surface area contributed by atoms with E-state index in [0.717, 1.165) is 123 Å². The molecule has 0 amide bonds. The number of hydrogen-bond donors (Lipinski definition) is 2. The topological polar surface area (TPSA) is 102 Å². The SMILES string of the molecule is C[C@@H](O[C@H]1CC[C@@H]2CN(C3=CC(=O)CC3)C[C@H]2[C@@H]1c1ccc(F)cc1)c1cc(C(F)(F)F)cc(C(F)(F)F)c1.C[C@@H](O[C@H]1CC[C@@H]2CNC[C@H]2[C@@H]1c1ccc(F)cc1)c1cc(C(F)(F)F)cc(C(F)(F)F)c1.C[C@@H](O[C@H]1CC[C@H]2CN(C3=CC(=O)CC3)C[C@H]2[C@@H]1c1ccc(F)cc1)c1cc(C(F)(F)F)cc(C(F)(F)F)c1.C[C@H](O[C@@H]1CC[C@@H]2CNC[C@@H]2[C@H]1c1ccc(F)cc1)c1cc(C(F)(F)F)cc(C(F)(F)F)c1. The minimum absolute atomic E-state index is 0.0604. The minimum atomic E-state index is -4.95. The molecule has 0 spiro atoms. The molecule has 8 aromatic rings. The van der Waals surface area contributed by atoms with Crippen LogP contribution in [-0.4, -0.2) is 98.1 Å². The first-order chi connectivity index (χ1) is 67.4. The molecule has 6 aliphatic carbocycles. The summed E-state index contributed by atoms with van der Waals surface area (Å²) in [4.78, 5) is 28.0. The zero-order valence-corrected chi connectivity index (χ0v) is 77.9. The zero-order chi connectivity index (χ0) is 104. The van der Waals surface area contributed by atoms with Crippen molar-refractivity contribution in [3.05, 3.63) is 306 Å². The highest BCUT2D eigenvalue weighted by molar-refractivity contribution is 5.93. The number of allylic oxidation sites excluding steroid dienone is 4. The molecule has 4 heterocycles. The van der Waals surface area contributed by atoms with Crippen molar-refractivity contribution >= 4 is 11.6 Å². The normalized spacial score (nSPS) is 26.6. The van der Waals surface area contributed by atoms with Gasteiger partial charge in [-0.05, 0) is 331 Å². The highest BCUT2D eigenvalue weighted by atomic mass is 19.4. The predicted molar refractivity (Wildman–Crippen MR) is 474 cm³/mol. The van der Waals surface area contributed by atoms with Crippen LogP contribution in [0.5, 0.6) is 0 Å². The van der Waals surface area contributed by atoms with Crippen LogP contribution < -0.4 is 10.6 Å². The lowest BCUT2D eigenvalue weighted by Crippen LogP contribution is -2.38. The first-order valence-corrected chi connectivity index (χ1v) is 47.6. The summed E-state index contributed by atoms with van der Waals surface area (Å²) in [6.45, 7) is 11.8. The Kier molecular flexibility index (Phi) is 32.3. The first-order valence-electron chi connectivity index (χ1n) is 47.6. The van der Waals surface area contributed by atoms with Crippen LogP contribution in [0.3, 0.4) is 0 Å². The first kappa shape index (κ1) is 108. The molecule has 8 fully saturated rings. The van der Waals surface area contributed by atoms with Gasteiger partial charge in [-0.15, -0.1) is 0 Å². The van der Waals surface area contributed by atoms with Gasteiger partial charge in [0.15, 0.2) is 11.6 Å². The maximum atomic E-state index is 13.8. The number of fused-ring (bicyclic) bond motifs is 4. The van der Waals surface area contributed by atoms with E-state index in [0.29, 0.717) is 101 Å². The Morgan fingerprint density at radius 1 is 0.264 bits per heavy atom. The van der Waals surface area contributed by atoms with Crippen molar-refractivity contribution in [3.63, 3.8) is 0 Å². The second-order valence-electron chi connectivity index (χ2n) is 39.3. The number of nitrogens with one attached hydrogen (secondary N) is 2. The molecule has 0 bridgehead atoms. The number of hydrogen-bond acceptors (Lipinski definition) is 10. The van der Waals surface area contributed by atoms with Crippen molar-refractivity contribution in [2.45, 2.75) is 227 Å². The van der Waals surface area contributed by atoms with Crippen molar-refractivity contribution in [2.75, 3.05) is 52.4 Å². The van der Waals surface area contributed by atoms with Crippen LogP contribution in [-0.2, 0) is 77.9 Å². The Labute approximate surface area is 812 Å². The van der Waals surface area contributed by atoms with E-state index in [1.54, 1.807) is 60.7 Å². The number of halogens is 28. The van der Waals surface area contributed by atoms with Gasteiger partial charge in [0.25, 0.3) is 0 Å². The van der Waals surface area contributed by atoms with E-state index in [4.69, 9.17) is 18.9 Å². The molecule has 4 saturated carbocycles. The van der Waals surface area contributed by atoms with Gasteiger partial charge in [-0.3, -0.25) is 9.59 Å². The molecule has 4 aliphatic heterocycles. The molecule has 0 unspecified atom stereocenters. The van der Waals surface area contributed by atoms with Crippen molar-refractivity contribution in [1.82, 2.24) is 20.4 Å². The van der Waals surface area contributed by atoms with Gasteiger partial charge in [0.05, 0.1) is 93.3 Å². The Hall–Kier alpha value is -10.0. The number of ether oxygens (including phenoxy) is 4. The summed E-state index contributed by atoms with van der Waals surface area (Å²) in [6, 6.07) is 30.3. The molecule has 144 heavy (non-hydrogen) atoms. The van der Waals surface area contributed by atoms with E-state index in [2.05, 4.69) is 20.4 Å². The summed E-state index contributed by atoms with van der Waals surface area (Å²) in [5, 5.41) is 6.70. The highest BCUT2D eigenvalue weighted by Crippen LogP contribution is 2.56. The van der Waals surface area contributed by atoms with E-state index < -0.39 is 154 Å². The number of benzene rings is 8. The number of rotatable bonds is 18. The quantitative estimate of drug-likeness (QED) is 0.0808.